The van der Waals surface area contributed by atoms with E-state index in [0.717, 1.165) is 56.4 Å². The van der Waals surface area contributed by atoms with Gasteiger partial charge in [-0.05, 0) is 80.6 Å². The highest BCUT2D eigenvalue weighted by molar-refractivity contribution is 9.10. The van der Waals surface area contributed by atoms with Gasteiger partial charge in [0.1, 0.15) is 6.61 Å². The van der Waals surface area contributed by atoms with Crippen molar-refractivity contribution in [3.05, 3.63) is 92.7 Å². The van der Waals surface area contributed by atoms with Gasteiger partial charge < -0.3 is 14.4 Å². The summed E-state index contributed by atoms with van der Waals surface area (Å²) >= 11 is 3.79. The molecule has 3 aliphatic rings. The molecule has 1 heterocycles. The number of allylic oxidation sites excluding steroid dienone is 4. The maximum absolute atomic E-state index is 13.9. The first-order chi connectivity index (χ1) is 20.4. The van der Waals surface area contributed by atoms with Gasteiger partial charge in [0.2, 0.25) is 0 Å². The van der Waals surface area contributed by atoms with Crippen LogP contribution in [0.3, 0.4) is 0 Å². The molecule has 0 atom stereocenters. The summed E-state index contributed by atoms with van der Waals surface area (Å²) in [6.07, 6.45) is 2.50. The van der Waals surface area contributed by atoms with Crippen LogP contribution in [0.1, 0.15) is 77.3 Å². The minimum absolute atomic E-state index is 0.123. The van der Waals surface area contributed by atoms with Crippen LogP contribution < -0.4 is 9.47 Å². The highest BCUT2D eigenvalue weighted by Gasteiger charge is 2.48. The van der Waals surface area contributed by atoms with Crippen molar-refractivity contribution in [2.75, 3.05) is 13.7 Å². The van der Waals surface area contributed by atoms with Crippen LogP contribution >= 0.6 is 15.9 Å². The number of hydrogen-bond acceptors (Lipinski definition) is 5. The first kappa shape index (κ1) is 29.7. The third-order valence-electron chi connectivity index (χ3n) is 9.10. The standard InChI is InChI=1S/C37H40BrNO4/c1-7-42-31-16-24(15-26(38)35(31)43-21-23-13-10-12-22-11-8-9-14-25(22)23)32-33-27(17-36(2,3)19-29(33)40)39(6)28-18-37(4,5)20-30(41)34(28)32/h8-16,32H,7,17-21H2,1-6H3. The van der Waals surface area contributed by atoms with Crippen LogP contribution in [0.25, 0.3) is 10.8 Å². The average Bonchev–Trinajstić information content (AvgIpc) is 2.93. The van der Waals surface area contributed by atoms with E-state index in [2.05, 4.69) is 72.8 Å². The average molecular weight is 643 g/mol. The SMILES string of the molecule is CCOc1cc(C2C3=C(CC(C)(C)CC3=O)N(C)C3=C2C(=O)CC(C)(C)C3)cc(Br)c1OCc1cccc2ccccc12. The highest BCUT2D eigenvalue weighted by Crippen LogP contribution is 2.55. The zero-order valence-corrected chi connectivity index (χ0v) is 27.6. The Morgan fingerprint density at radius 2 is 1.44 bits per heavy atom. The molecule has 1 aliphatic heterocycles. The number of ketones is 2. The molecule has 6 rings (SSSR count). The summed E-state index contributed by atoms with van der Waals surface area (Å²) in [6.45, 7) is 11.4. The fourth-order valence-corrected chi connectivity index (χ4v) is 7.80. The van der Waals surface area contributed by atoms with E-state index in [1.54, 1.807) is 0 Å². The Bertz CT molecular complexity index is 1650. The first-order valence-corrected chi connectivity index (χ1v) is 16.0. The molecule has 0 aromatic heterocycles. The summed E-state index contributed by atoms with van der Waals surface area (Å²) in [6, 6.07) is 18.5. The molecule has 0 fully saturated rings. The number of rotatable bonds is 6. The molecule has 224 valence electrons. The summed E-state index contributed by atoms with van der Waals surface area (Å²) in [5, 5.41) is 2.32. The molecule has 0 unspecified atom stereocenters. The highest BCUT2D eigenvalue weighted by atomic mass is 79.9. The Morgan fingerprint density at radius 1 is 0.837 bits per heavy atom. The molecule has 5 nitrogen and oxygen atoms in total. The molecule has 0 amide bonds. The summed E-state index contributed by atoms with van der Waals surface area (Å²) in [7, 11) is 2.04. The Morgan fingerprint density at radius 3 is 2.07 bits per heavy atom. The zero-order chi connectivity index (χ0) is 30.7. The maximum atomic E-state index is 13.9. The lowest BCUT2D eigenvalue weighted by molar-refractivity contribution is -0.119. The van der Waals surface area contributed by atoms with Crippen LogP contribution in [0.4, 0.5) is 0 Å². The summed E-state index contributed by atoms with van der Waals surface area (Å²) < 4.78 is 13.4. The largest absolute Gasteiger partial charge is 0.490 e. The number of carbonyl (C=O) groups is 2. The van der Waals surface area contributed by atoms with Crippen LogP contribution in [0.5, 0.6) is 11.5 Å². The van der Waals surface area contributed by atoms with Gasteiger partial charge >= 0.3 is 0 Å². The summed E-state index contributed by atoms with van der Waals surface area (Å²) in [4.78, 5) is 30.0. The lowest BCUT2D eigenvalue weighted by Gasteiger charge is -2.48. The van der Waals surface area contributed by atoms with E-state index in [1.807, 2.05) is 44.3 Å². The normalized spacial score (nSPS) is 19.9. The summed E-state index contributed by atoms with van der Waals surface area (Å²) in [5.41, 5.74) is 5.28. The lowest BCUT2D eigenvalue weighted by Crippen LogP contribution is -2.43. The molecule has 6 heteroatoms. The van der Waals surface area contributed by atoms with Crippen LogP contribution in [0.2, 0.25) is 0 Å². The second-order valence-electron chi connectivity index (χ2n) is 13.8. The molecule has 0 bridgehead atoms. The van der Waals surface area contributed by atoms with E-state index < -0.39 is 5.92 Å². The quantitative estimate of drug-likeness (QED) is 0.269. The van der Waals surface area contributed by atoms with Crippen molar-refractivity contribution in [1.82, 2.24) is 4.90 Å². The molecule has 3 aromatic carbocycles. The molecule has 0 saturated heterocycles. The van der Waals surface area contributed by atoms with E-state index in [0.29, 0.717) is 37.6 Å². The van der Waals surface area contributed by atoms with Gasteiger partial charge in [-0.25, -0.2) is 0 Å². The van der Waals surface area contributed by atoms with Crippen LogP contribution in [-0.2, 0) is 16.2 Å². The monoisotopic (exact) mass is 641 g/mol. The van der Waals surface area contributed by atoms with Gasteiger partial charge in [-0.15, -0.1) is 0 Å². The first-order valence-electron chi connectivity index (χ1n) is 15.2. The number of halogens is 1. The fraction of sp³-hybridized carbons (Fsp3) is 0.405. The molecule has 0 spiro atoms. The minimum Gasteiger partial charge on any atom is -0.490 e. The molecule has 43 heavy (non-hydrogen) atoms. The molecule has 0 N–H and O–H groups in total. The minimum atomic E-state index is -0.434. The fourth-order valence-electron chi connectivity index (χ4n) is 7.22. The number of nitrogens with zero attached hydrogens (tertiary/aromatic N) is 1. The van der Waals surface area contributed by atoms with Gasteiger partial charge in [0.25, 0.3) is 0 Å². The predicted molar refractivity (Wildman–Crippen MR) is 174 cm³/mol. The van der Waals surface area contributed by atoms with E-state index in [4.69, 9.17) is 9.47 Å². The van der Waals surface area contributed by atoms with Gasteiger partial charge in [-0.2, -0.15) is 0 Å². The molecule has 2 aliphatic carbocycles. The second-order valence-corrected chi connectivity index (χ2v) is 14.6. The predicted octanol–water partition coefficient (Wildman–Crippen LogP) is 8.90. The van der Waals surface area contributed by atoms with Gasteiger partial charge in [-0.1, -0.05) is 70.2 Å². The summed E-state index contributed by atoms with van der Waals surface area (Å²) in [5.74, 6) is 1.02. The molecule has 3 aromatic rings. The van der Waals surface area contributed by atoms with Crippen LogP contribution in [0, 0.1) is 10.8 Å². The van der Waals surface area contributed by atoms with Crippen molar-refractivity contribution in [2.45, 2.75) is 72.8 Å². The van der Waals surface area contributed by atoms with Crippen molar-refractivity contribution < 1.29 is 19.1 Å². The van der Waals surface area contributed by atoms with Crippen molar-refractivity contribution in [3.8, 4) is 11.5 Å². The van der Waals surface area contributed by atoms with Gasteiger partial charge in [0, 0.05) is 48.3 Å². The number of hydrogen-bond donors (Lipinski definition) is 0. The third-order valence-corrected chi connectivity index (χ3v) is 9.69. The van der Waals surface area contributed by atoms with E-state index in [1.165, 1.54) is 5.39 Å². The number of fused-ring (bicyclic) bond motifs is 1. The number of Topliss-reactive ketones (excluding diaryl/α,β-unsaturated/α-hetero) is 2. The van der Waals surface area contributed by atoms with Crippen molar-refractivity contribution in [1.29, 1.82) is 0 Å². The zero-order valence-electron chi connectivity index (χ0n) is 26.0. The van der Waals surface area contributed by atoms with E-state index >= 15 is 0 Å². The molecular formula is C37H40BrNO4. The smallest absolute Gasteiger partial charge is 0.175 e. The Kier molecular flexibility index (Phi) is 7.56. The Labute approximate surface area is 263 Å². The van der Waals surface area contributed by atoms with Crippen molar-refractivity contribution in [2.24, 2.45) is 10.8 Å². The Balaban J connectivity index is 1.46. The molecule has 0 radical (unpaired) electrons. The van der Waals surface area contributed by atoms with Gasteiger partial charge in [-0.3, -0.25) is 9.59 Å². The van der Waals surface area contributed by atoms with Crippen LogP contribution in [0.15, 0.2) is 81.6 Å². The molecule has 0 saturated carbocycles. The Hall–Kier alpha value is -3.38. The number of carbonyl (C=O) groups excluding carboxylic acids is 2. The van der Waals surface area contributed by atoms with E-state index in [-0.39, 0.29) is 22.4 Å². The van der Waals surface area contributed by atoms with Crippen molar-refractivity contribution >= 4 is 38.3 Å². The number of ether oxygens (including phenoxy) is 2. The maximum Gasteiger partial charge on any atom is 0.175 e. The number of benzene rings is 3. The second kappa shape index (κ2) is 11.0. The van der Waals surface area contributed by atoms with Gasteiger partial charge in [0.15, 0.2) is 23.1 Å². The third kappa shape index (κ3) is 5.43. The van der Waals surface area contributed by atoms with Gasteiger partial charge in [0.05, 0.1) is 11.1 Å². The van der Waals surface area contributed by atoms with Crippen molar-refractivity contribution in [3.63, 3.8) is 0 Å². The molecular weight excluding hydrogens is 602 g/mol. The van der Waals surface area contributed by atoms with Crippen LogP contribution in [-0.4, -0.2) is 30.1 Å². The lowest BCUT2D eigenvalue weighted by atomic mass is 9.64. The van der Waals surface area contributed by atoms with E-state index in [9.17, 15) is 9.59 Å². The topological polar surface area (TPSA) is 55.8 Å².